The van der Waals surface area contributed by atoms with Crippen LogP contribution >= 0.6 is 0 Å². The average Bonchev–Trinajstić information content (AvgIpc) is 2.59. The van der Waals surface area contributed by atoms with Crippen LogP contribution in [0.1, 0.15) is 10.4 Å². The first-order valence-corrected chi connectivity index (χ1v) is 7.30. The van der Waals surface area contributed by atoms with Gasteiger partial charge in [0.15, 0.2) is 0 Å². The number of fused-ring (bicyclic) bond motifs is 1. The summed E-state index contributed by atoms with van der Waals surface area (Å²) in [5.41, 5.74) is 4.52. The molecule has 3 N–H and O–H groups in total. The Morgan fingerprint density at radius 3 is 2.72 bits per heavy atom. The molecule has 126 valence electrons. The van der Waals surface area contributed by atoms with Gasteiger partial charge in [0.25, 0.3) is 11.5 Å². The number of nitrogens with one attached hydrogen (secondary N) is 1. The molecule has 0 radical (unpaired) electrons. The molecule has 0 fully saturated rings. The molecule has 0 aliphatic heterocycles. The largest absolute Gasteiger partial charge is 0.366 e. The highest BCUT2D eigenvalue weighted by Crippen LogP contribution is 2.14. The molecule has 0 spiro atoms. The van der Waals surface area contributed by atoms with E-state index in [0.29, 0.717) is 10.8 Å². The van der Waals surface area contributed by atoms with Crippen LogP contribution in [0.4, 0.5) is 10.1 Å². The maximum Gasteiger partial charge on any atom is 0.275 e. The van der Waals surface area contributed by atoms with Crippen LogP contribution < -0.4 is 16.6 Å². The summed E-state index contributed by atoms with van der Waals surface area (Å²) < 4.78 is 14.5. The Balaban J connectivity index is 1.82. The van der Waals surface area contributed by atoms with Gasteiger partial charge in [-0.1, -0.05) is 18.2 Å². The van der Waals surface area contributed by atoms with Crippen molar-refractivity contribution in [2.24, 2.45) is 5.73 Å². The van der Waals surface area contributed by atoms with Gasteiger partial charge in [-0.25, -0.2) is 9.07 Å². The van der Waals surface area contributed by atoms with Gasteiger partial charge in [-0.05, 0) is 24.3 Å². The van der Waals surface area contributed by atoms with Gasteiger partial charge in [-0.15, -0.1) is 0 Å². The minimum atomic E-state index is -0.944. The van der Waals surface area contributed by atoms with E-state index in [0.717, 1.165) is 16.8 Å². The van der Waals surface area contributed by atoms with Crippen molar-refractivity contribution in [1.29, 1.82) is 0 Å². The summed E-state index contributed by atoms with van der Waals surface area (Å²) in [6.45, 7) is -0.326. The van der Waals surface area contributed by atoms with Gasteiger partial charge in [-0.2, -0.15) is 5.10 Å². The van der Waals surface area contributed by atoms with E-state index >= 15 is 0 Å². The van der Waals surface area contributed by atoms with Crippen molar-refractivity contribution in [3.8, 4) is 0 Å². The fourth-order valence-corrected chi connectivity index (χ4v) is 2.37. The number of carbonyl (C=O) groups excluding carboxylic acids is 2. The lowest BCUT2D eigenvalue weighted by Crippen LogP contribution is -2.29. The number of aromatic nitrogens is 2. The lowest BCUT2D eigenvalue weighted by molar-refractivity contribution is -0.117. The van der Waals surface area contributed by atoms with E-state index in [1.54, 1.807) is 24.3 Å². The minimum Gasteiger partial charge on any atom is -0.366 e. The Hall–Kier alpha value is -3.55. The maximum atomic E-state index is 13.4. The number of primary amides is 1. The number of nitrogens with two attached hydrogens (primary N) is 1. The van der Waals surface area contributed by atoms with Gasteiger partial charge in [0.2, 0.25) is 5.91 Å². The quantitative estimate of drug-likeness (QED) is 0.746. The molecular formula is C17H13FN4O3. The predicted molar refractivity (Wildman–Crippen MR) is 89.6 cm³/mol. The zero-order valence-electron chi connectivity index (χ0n) is 12.9. The zero-order chi connectivity index (χ0) is 18.0. The zero-order valence-corrected chi connectivity index (χ0v) is 12.9. The second-order valence-electron chi connectivity index (χ2n) is 5.30. The van der Waals surface area contributed by atoms with E-state index in [2.05, 4.69) is 10.4 Å². The molecule has 7 nitrogen and oxygen atoms in total. The first kappa shape index (κ1) is 16.3. The highest BCUT2D eigenvalue weighted by atomic mass is 19.1. The highest BCUT2D eigenvalue weighted by molar-refractivity contribution is 5.96. The smallest absolute Gasteiger partial charge is 0.275 e. The predicted octanol–water partition coefficient (Wildman–Crippen LogP) is 1.27. The van der Waals surface area contributed by atoms with Crippen LogP contribution in [-0.4, -0.2) is 21.6 Å². The maximum absolute atomic E-state index is 13.4. The number of hydrogen-bond donors (Lipinski definition) is 2. The molecule has 0 aliphatic carbocycles. The summed E-state index contributed by atoms with van der Waals surface area (Å²) in [6.07, 6.45) is 1.49. The number of rotatable bonds is 4. The van der Waals surface area contributed by atoms with E-state index in [-0.39, 0.29) is 17.8 Å². The van der Waals surface area contributed by atoms with Gasteiger partial charge in [0.05, 0.1) is 17.1 Å². The molecule has 1 aromatic heterocycles. The molecule has 1 heterocycles. The molecule has 0 bridgehead atoms. The Bertz CT molecular complexity index is 1050. The van der Waals surface area contributed by atoms with Crippen LogP contribution in [0.15, 0.2) is 53.5 Å². The molecule has 3 aromatic rings. The number of benzene rings is 2. The summed E-state index contributed by atoms with van der Waals surface area (Å²) in [6, 6.07) is 10.3. The number of anilines is 1. The molecule has 3 rings (SSSR count). The Kier molecular flexibility index (Phi) is 4.25. The molecule has 0 unspecified atom stereocenters. The van der Waals surface area contributed by atoms with E-state index < -0.39 is 23.2 Å². The van der Waals surface area contributed by atoms with Crippen molar-refractivity contribution in [1.82, 2.24) is 9.78 Å². The fourth-order valence-electron chi connectivity index (χ4n) is 2.37. The topological polar surface area (TPSA) is 107 Å². The third kappa shape index (κ3) is 3.37. The van der Waals surface area contributed by atoms with E-state index in [9.17, 15) is 18.8 Å². The number of hydrogen-bond acceptors (Lipinski definition) is 4. The molecular weight excluding hydrogens is 327 g/mol. The lowest BCUT2D eigenvalue weighted by Gasteiger charge is -2.08. The number of carbonyl (C=O) groups is 2. The van der Waals surface area contributed by atoms with Crippen molar-refractivity contribution in [3.05, 3.63) is 70.4 Å². The molecule has 0 atom stereocenters. The van der Waals surface area contributed by atoms with Crippen molar-refractivity contribution in [2.75, 3.05) is 5.32 Å². The van der Waals surface area contributed by atoms with Crippen molar-refractivity contribution in [3.63, 3.8) is 0 Å². The fraction of sp³-hybridized carbons (Fsp3) is 0.0588. The van der Waals surface area contributed by atoms with E-state index in [1.165, 1.54) is 12.3 Å². The number of nitrogens with zero attached hydrogens (tertiary/aromatic N) is 2. The summed E-state index contributed by atoms with van der Waals surface area (Å²) >= 11 is 0. The van der Waals surface area contributed by atoms with Gasteiger partial charge in [0.1, 0.15) is 12.4 Å². The second kappa shape index (κ2) is 6.52. The van der Waals surface area contributed by atoms with Crippen LogP contribution in [0, 0.1) is 5.82 Å². The molecule has 0 saturated heterocycles. The van der Waals surface area contributed by atoms with E-state index in [1.807, 2.05) is 0 Å². The molecule has 2 amide bonds. The molecule has 2 aromatic carbocycles. The van der Waals surface area contributed by atoms with Gasteiger partial charge in [-0.3, -0.25) is 14.4 Å². The van der Waals surface area contributed by atoms with Crippen molar-refractivity contribution >= 4 is 28.3 Å². The SMILES string of the molecule is NC(=O)c1cc(NC(=O)Cn2ncc3ccccc3c2=O)ccc1F. The summed E-state index contributed by atoms with van der Waals surface area (Å²) in [7, 11) is 0. The van der Waals surface area contributed by atoms with Crippen molar-refractivity contribution < 1.29 is 14.0 Å². The third-order valence-electron chi connectivity index (χ3n) is 3.57. The molecule has 8 heteroatoms. The monoisotopic (exact) mass is 340 g/mol. The Labute approximate surface area is 140 Å². The summed E-state index contributed by atoms with van der Waals surface area (Å²) in [5.74, 6) is -2.27. The lowest BCUT2D eigenvalue weighted by atomic mass is 10.2. The van der Waals surface area contributed by atoms with Crippen LogP contribution in [0.5, 0.6) is 0 Å². The van der Waals surface area contributed by atoms with Gasteiger partial charge >= 0.3 is 0 Å². The summed E-state index contributed by atoms with van der Waals surface area (Å²) in [4.78, 5) is 35.6. The standard InChI is InChI=1S/C17H13FN4O3/c18-14-6-5-11(7-13(14)16(19)24)21-15(23)9-22-17(25)12-4-2-1-3-10(12)8-20-22/h1-8H,9H2,(H2,19,24)(H,21,23). The van der Waals surface area contributed by atoms with Crippen LogP contribution in [0.25, 0.3) is 10.8 Å². The normalized spacial score (nSPS) is 10.6. The summed E-state index contributed by atoms with van der Waals surface area (Å²) in [5, 5.41) is 7.55. The Morgan fingerprint density at radius 1 is 1.20 bits per heavy atom. The number of halogens is 1. The van der Waals surface area contributed by atoms with Crippen LogP contribution in [0.2, 0.25) is 0 Å². The molecule has 0 aliphatic rings. The van der Waals surface area contributed by atoms with Crippen LogP contribution in [0.3, 0.4) is 0 Å². The number of amides is 2. The van der Waals surface area contributed by atoms with Crippen molar-refractivity contribution in [2.45, 2.75) is 6.54 Å². The van der Waals surface area contributed by atoms with E-state index in [4.69, 9.17) is 5.73 Å². The average molecular weight is 340 g/mol. The molecule has 25 heavy (non-hydrogen) atoms. The van der Waals surface area contributed by atoms with Gasteiger partial charge < -0.3 is 11.1 Å². The first-order chi connectivity index (χ1) is 12.0. The second-order valence-corrected chi connectivity index (χ2v) is 5.30. The van der Waals surface area contributed by atoms with Gasteiger partial charge in [0, 0.05) is 11.1 Å². The molecule has 0 saturated carbocycles. The van der Waals surface area contributed by atoms with Crippen LogP contribution in [-0.2, 0) is 11.3 Å². The minimum absolute atomic E-state index is 0.189. The third-order valence-corrected chi connectivity index (χ3v) is 3.57. The first-order valence-electron chi connectivity index (χ1n) is 7.30. The highest BCUT2D eigenvalue weighted by Gasteiger charge is 2.12. The Morgan fingerprint density at radius 2 is 1.96 bits per heavy atom.